The van der Waals surface area contributed by atoms with Crippen molar-refractivity contribution >= 4 is 39.1 Å². The van der Waals surface area contributed by atoms with E-state index in [9.17, 15) is 9.59 Å². The summed E-state index contributed by atoms with van der Waals surface area (Å²) in [5, 5.41) is 5.61. The van der Waals surface area contributed by atoms with Crippen LogP contribution in [-0.2, 0) is 0 Å². The standard InChI is InChI=1S/C24H17BrN2O3/c25-18-8-6-16(7-9-18)21-14-15-22(30-21)24(29)27-20-12-10-19(11-13-20)26-23(28)17-4-2-1-3-5-17/h1-15H,(H,26,28)(H,27,29). The van der Waals surface area contributed by atoms with Crippen molar-refractivity contribution in [2.75, 3.05) is 10.6 Å². The fraction of sp³-hybridized carbons (Fsp3) is 0. The molecule has 0 aliphatic carbocycles. The quantitative estimate of drug-likeness (QED) is 0.371. The molecular formula is C24H17BrN2O3. The highest BCUT2D eigenvalue weighted by Gasteiger charge is 2.13. The van der Waals surface area contributed by atoms with Crippen molar-refractivity contribution in [2.45, 2.75) is 0 Å². The average molecular weight is 461 g/mol. The van der Waals surface area contributed by atoms with Gasteiger partial charge in [0.05, 0.1) is 0 Å². The van der Waals surface area contributed by atoms with Gasteiger partial charge in [-0.1, -0.05) is 46.3 Å². The molecule has 6 heteroatoms. The zero-order valence-corrected chi connectivity index (χ0v) is 17.3. The molecule has 0 spiro atoms. The number of nitrogens with one attached hydrogen (secondary N) is 2. The van der Waals surface area contributed by atoms with Gasteiger partial charge in [0, 0.05) is 27.0 Å². The third-order valence-electron chi connectivity index (χ3n) is 4.40. The van der Waals surface area contributed by atoms with Crippen molar-refractivity contribution < 1.29 is 14.0 Å². The summed E-state index contributed by atoms with van der Waals surface area (Å²) >= 11 is 3.40. The lowest BCUT2D eigenvalue weighted by Crippen LogP contribution is -2.12. The fourth-order valence-corrected chi connectivity index (χ4v) is 3.12. The maximum atomic E-state index is 12.5. The first-order valence-corrected chi connectivity index (χ1v) is 10.0. The molecule has 1 aromatic heterocycles. The minimum absolute atomic E-state index is 0.191. The van der Waals surface area contributed by atoms with Gasteiger partial charge >= 0.3 is 0 Å². The van der Waals surface area contributed by atoms with Crippen molar-refractivity contribution in [2.24, 2.45) is 0 Å². The summed E-state index contributed by atoms with van der Waals surface area (Å²) in [5.74, 6) is 0.295. The van der Waals surface area contributed by atoms with Crippen molar-refractivity contribution in [3.8, 4) is 11.3 Å². The minimum atomic E-state index is -0.348. The molecule has 0 radical (unpaired) electrons. The number of carbonyl (C=O) groups is 2. The summed E-state index contributed by atoms with van der Waals surface area (Å²) in [5.41, 5.74) is 2.70. The Labute approximate surface area is 181 Å². The molecule has 148 valence electrons. The summed E-state index contributed by atoms with van der Waals surface area (Å²) in [7, 11) is 0. The number of hydrogen-bond acceptors (Lipinski definition) is 3. The number of carbonyl (C=O) groups excluding carboxylic acids is 2. The number of furan rings is 1. The van der Waals surface area contributed by atoms with Crippen molar-refractivity contribution in [3.05, 3.63) is 107 Å². The summed E-state index contributed by atoms with van der Waals surface area (Å²) in [4.78, 5) is 24.7. The number of halogens is 1. The van der Waals surface area contributed by atoms with Crippen molar-refractivity contribution in [1.29, 1.82) is 0 Å². The highest BCUT2D eigenvalue weighted by molar-refractivity contribution is 9.10. The molecular weight excluding hydrogens is 444 g/mol. The van der Waals surface area contributed by atoms with Gasteiger partial charge in [-0.15, -0.1) is 0 Å². The second-order valence-electron chi connectivity index (χ2n) is 6.52. The molecule has 4 rings (SSSR count). The largest absolute Gasteiger partial charge is 0.451 e. The molecule has 3 aromatic carbocycles. The lowest BCUT2D eigenvalue weighted by atomic mass is 10.2. The van der Waals surface area contributed by atoms with Gasteiger partial charge in [0.2, 0.25) is 0 Å². The molecule has 5 nitrogen and oxygen atoms in total. The zero-order valence-electron chi connectivity index (χ0n) is 15.8. The van der Waals surface area contributed by atoms with E-state index in [0.717, 1.165) is 10.0 Å². The van der Waals surface area contributed by atoms with Crippen LogP contribution in [0.1, 0.15) is 20.9 Å². The Morgan fingerprint density at radius 1 is 0.667 bits per heavy atom. The van der Waals surface area contributed by atoms with Gasteiger partial charge in [-0.25, -0.2) is 0 Å². The molecule has 0 bridgehead atoms. The van der Waals surface area contributed by atoms with E-state index in [2.05, 4.69) is 26.6 Å². The Morgan fingerprint density at radius 3 is 1.90 bits per heavy atom. The second kappa shape index (κ2) is 8.80. The van der Waals surface area contributed by atoms with Crippen LogP contribution in [-0.4, -0.2) is 11.8 Å². The van der Waals surface area contributed by atoms with E-state index in [1.165, 1.54) is 0 Å². The van der Waals surface area contributed by atoms with Gasteiger partial charge in [0.1, 0.15) is 5.76 Å². The number of anilines is 2. The molecule has 4 aromatic rings. The molecule has 0 atom stereocenters. The fourth-order valence-electron chi connectivity index (χ4n) is 2.85. The van der Waals surface area contributed by atoms with E-state index in [1.54, 1.807) is 48.5 Å². The highest BCUT2D eigenvalue weighted by Crippen LogP contribution is 2.24. The van der Waals surface area contributed by atoms with E-state index in [4.69, 9.17) is 4.42 Å². The van der Waals surface area contributed by atoms with Gasteiger partial charge < -0.3 is 15.1 Å². The number of hydrogen-bond donors (Lipinski definition) is 2. The predicted octanol–water partition coefficient (Wildman–Crippen LogP) is 6.21. The summed E-state index contributed by atoms with van der Waals surface area (Å²) < 4.78 is 6.66. The topological polar surface area (TPSA) is 71.3 Å². The molecule has 0 saturated heterocycles. The van der Waals surface area contributed by atoms with Gasteiger partial charge in [0.15, 0.2) is 5.76 Å². The van der Waals surface area contributed by atoms with Crippen LogP contribution in [0.25, 0.3) is 11.3 Å². The zero-order chi connectivity index (χ0) is 20.9. The van der Waals surface area contributed by atoms with E-state index in [0.29, 0.717) is 22.7 Å². The lowest BCUT2D eigenvalue weighted by Gasteiger charge is -2.07. The third kappa shape index (κ3) is 4.67. The van der Waals surface area contributed by atoms with Crippen LogP contribution >= 0.6 is 15.9 Å². The molecule has 0 aliphatic heterocycles. The molecule has 0 fully saturated rings. The highest BCUT2D eigenvalue weighted by atomic mass is 79.9. The van der Waals surface area contributed by atoms with Crippen LogP contribution in [0.5, 0.6) is 0 Å². The van der Waals surface area contributed by atoms with Crippen LogP contribution in [0, 0.1) is 0 Å². The first kappa shape index (κ1) is 19.7. The molecule has 2 N–H and O–H groups in total. The maximum absolute atomic E-state index is 12.5. The Hall–Kier alpha value is -3.64. The van der Waals surface area contributed by atoms with E-state index in [-0.39, 0.29) is 17.6 Å². The van der Waals surface area contributed by atoms with Gasteiger partial charge in [-0.05, 0) is 60.7 Å². The average Bonchev–Trinajstić information content (AvgIpc) is 3.27. The number of benzene rings is 3. The van der Waals surface area contributed by atoms with Gasteiger partial charge in [-0.2, -0.15) is 0 Å². The normalized spacial score (nSPS) is 10.4. The van der Waals surface area contributed by atoms with E-state index >= 15 is 0 Å². The van der Waals surface area contributed by atoms with Crippen molar-refractivity contribution in [1.82, 2.24) is 0 Å². The van der Waals surface area contributed by atoms with Gasteiger partial charge in [0.25, 0.3) is 11.8 Å². The monoisotopic (exact) mass is 460 g/mol. The van der Waals surface area contributed by atoms with E-state index < -0.39 is 0 Å². The maximum Gasteiger partial charge on any atom is 0.291 e. The van der Waals surface area contributed by atoms with Crippen LogP contribution in [0.15, 0.2) is 99.9 Å². The van der Waals surface area contributed by atoms with Gasteiger partial charge in [-0.3, -0.25) is 9.59 Å². The number of rotatable bonds is 5. The summed E-state index contributed by atoms with van der Waals surface area (Å²) in [6.07, 6.45) is 0. The molecule has 0 aliphatic rings. The molecule has 1 heterocycles. The number of amides is 2. The molecule has 2 amide bonds. The summed E-state index contributed by atoms with van der Waals surface area (Å²) in [6, 6.07) is 26.9. The molecule has 0 unspecified atom stereocenters. The van der Waals surface area contributed by atoms with Crippen molar-refractivity contribution in [3.63, 3.8) is 0 Å². The summed E-state index contributed by atoms with van der Waals surface area (Å²) in [6.45, 7) is 0. The van der Waals surface area contributed by atoms with Crippen LogP contribution in [0.3, 0.4) is 0 Å². The molecule has 0 saturated carbocycles. The Morgan fingerprint density at radius 2 is 1.27 bits per heavy atom. The minimum Gasteiger partial charge on any atom is -0.451 e. The van der Waals surface area contributed by atoms with Crippen LogP contribution in [0.4, 0.5) is 11.4 Å². The Balaban J connectivity index is 1.39. The third-order valence-corrected chi connectivity index (χ3v) is 4.92. The van der Waals surface area contributed by atoms with Crippen LogP contribution < -0.4 is 10.6 Å². The molecule has 30 heavy (non-hydrogen) atoms. The Bertz CT molecular complexity index is 1170. The van der Waals surface area contributed by atoms with E-state index in [1.807, 2.05) is 42.5 Å². The second-order valence-corrected chi connectivity index (χ2v) is 7.44. The van der Waals surface area contributed by atoms with Crippen LogP contribution in [0.2, 0.25) is 0 Å². The Kier molecular flexibility index (Phi) is 5.77. The first-order chi connectivity index (χ1) is 14.6. The lowest BCUT2D eigenvalue weighted by molar-refractivity contribution is 0.0995. The predicted molar refractivity (Wildman–Crippen MR) is 121 cm³/mol. The smallest absolute Gasteiger partial charge is 0.291 e. The SMILES string of the molecule is O=C(Nc1ccc(NC(=O)c2ccc(-c3ccc(Br)cc3)o2)cc1)c1ccccc1. The first-order valence-electron chi connectivity index (χ1n) is 9.22.